The van der Waals surface area contributed by atoms with Crippen molar-refractivity contribution in [1.82, 2.24) is 0 Å². The van der Waals surface area contributed by atoms with E-state index in [0.717, 1.165) is 6.42 Å². The molecule has 0 radical (unpaired) electrons. The topological polar surface area (TPSA) is 57.5 Å². The van der Waals surface area contributed by atoms with Crippen molar-refractivity contribution in [3.05, 3.63) is 0 Å². The van der Waals surface area contributed by atoms with E-state index in [1.165, 1.54) is 0 Å². The predicted molar refractivity (Wildman–Crippen MR) is 37.6 cm³/mol. The fourth-order valence-electron chi connectivity index (χ4n) is 0.708. The third-order valence-electron chi connectivity index (χ3n) is 1.20. The number of aliphatic hydroxyl groups is 2. The molecule has 0 aromatic rings. The Kier molecular flexibility index (Phi) is 5.16. The molecule has 1 unspecified atom stereocenters. The highest BCUT2D eigenvalue weighted by Crippen LogP contribution is 1.97. The van der Waals surface area contributed by atoms with Crippen LogP contribution in [0.5, 0.6) is 0 Å². The lowest BCUT2D eigenvalue weighted by Crippen LogP contribution is -2.16. The minimum Gasteiger partial charge on any atom is -0.394 e. The second-order valence-corrected chi connectivity index (χ2v) is 2.33. The minimum absolute atomic E-state index is 0.0176. The van der Waals surface area contributed by atoms with Gasteiger partial charge in [-0.25, -0.2) is 0 Å². The van der Waals surface area contributed by atoms with Crippen molar-refractivity contribution in [3.63, 3.8) is 0 Å². The summed E-state index contributed by atoms with van der Waals surface area (Å²) in [4.78, 5) is 10.7. The molecule has 3 heteroatoms. The lowest BCUT2D eigenvalue weighted by atomic mass is 10.1. The molecule has 0 saturated heterocycles. The molecule has 10 heavy (non-hydrogen) atoms. The molecule has 1 atom stereocenters. The van der Waals surface area contributed by atoms with E-state index >= 15 is 0 Å². The number of rotatable bonds is 5. The van der Waals surface area contributed by atoms with Crippen LogP contribution in [0, 0.1) is 0 Å². The summed E-state index contributed by atoms with van der Waals surface area (Å²) in [7, 11) is 0. The maximum absolute atomic E-state index is 10.7. The van der Waals surface area contributed by atoms with Crippen LogP contribution in [0.3, 0.4) is 0 Å². The SMILES string of the molecule is CCCC(=O)CC(O)CO. The number of Topliss-reactive ketones (excluding diaryl/α,β-unsaturated/α-hetero) is 1. The molecular weight excluding hydrogens is 132 g/mol. The zero-order valence-electron chi connectivity index (χ0n) is 6.21. The summed E-state index contributed by atoms with van der Waals surface area (Å²) in [6.45, 7) is 1.58. The summed E-state index contributed by atoms with van der Waals surface area (Å²) < 4.78 is 0. The quantitative estimate of drug-likeness (QED) is 0.578. The molecule has 0 bridgehead atoms. The second-order valence-electron chi connectivity index (χ2n) is 2.33. The van der Waals surface area contributed by atoms with Crippen LogP contribution < -0.4 is 0 Å². The van der Waals surface area contributed by atoms with Gasteiger partial charge in [-0.1, -0.05) is 6.92 Å². The molecule has 0 rings (SSSR count). The van der Waals surface area contributed by atoms with Crippen molar-refractivity contribution < 1.29 is 15.0 Å². The van der Waals surface area contributed by atoms with E-state index in [1.54, 1.807) is 0 Å². The maximum Gasteiger partial charge on any atom is 0.135 e. The Balaban J connectivity index is 3.37. The van der Waals surface area contributed by atoms with E-state index < -0.39 is 6.10 Å². The third kappa shape index (κ3) is 4.47. The fraction of sp³-hybridized carbons (Fsp3) is 0.857. The van der Waals surface area contributed by atoms with Gasteiger partial charge in [0.2, 0.25) is 0 Å². The molecule has 2 N–H and O–H groups in total. The first kappa shape index (κ1) is 9.59. The Morgan fingerprint density at radius 3 is 2.60 bits per heavy atom. The lowest BCUT2D eigenvalue weighted by Gasteiger charge is -2.03. The van der Waals surface area contributed by atoms with E-state index in [2.05, 4.69) is 0 Å². The molecule has 0 amide bonds. The van der Waals surface area contributed by atoms with Gasteiger partial charge in [-0.3, -0.25) is 4.79 Å². The van der Waals surface area contributed by atoms with Crippen molar-refractivity contribution in [3.8, 4) is 0 Å². The van der Waals surface area contributed by atoms with E-state index in [4.69, 9.17) is 10.2 Å². The second kappa shape index (κ2) is 5.38. The summed E-state index contributed by atoms with van der Waals surface area (Å²) in [6, 6.07) is 0. The molecule has 0 heterocycles. The molecule has 0 aliphatic rings. The molecule has 0 aliphatic heterocycles. The maximum atomic E-state index is 10.7. The van der Waals surface area contributed by atoms with Crippen LogP contribution in [-0.4, -0.2) is 28.7 Å². The van der Waals surface area contributed by atoms with Gasteiger partial charge >= 0.3 is 0 Å². The lowest BCUT2D eigenvalue weighted by molar-refractivity contribution is -0.121. The van der Waals surface area contributed by atoms with Crippen LogP contribution in [0.2, 0.25) is 0 Å². The van der Waals surface area contributed by atoms with Gasteiger partial charge in [-0.2, -0.15) is 0 Å². The summed E-state index contributed by atoms with van der Waals surface area (Å²) >= 11 is 0. The highest BCUT2D eigenvalue weighted by Gasteiger charge is 2.07. The number of carbonyl (C=O) groups excluding carboxylic acids is 1. The number of carbonyl (C=O) groups is 1. The van der Waals surface area contributed by atoms with E-state index in [0.29, 0.717) is 6.42 Å². The van der Waals surface area contributed by atoms with Crippen LogP contribution in [0.4, 0.5) is 0 Å². The van der Waals surface area contributed by atoms with Crippen LogP contribution in [0.15, 0.2) is 0 Å². The molecular formula is C7H14O3. The smallest absolute Gasteiger partial charge is 0.135 e. The monoisotopic (exact) mass is 146 g/mol. The van der Waals surface area contributed by atoms with Crippen LogP contribution in [0.1, 0.15) is 26.2 Å². The minimum atomic E-state index is -0.862. The van der Waals surface area contributed by atoms with Crippen LogP contribution in [-0.2, 0) is 4.79 Å². The third-order valence-corrected chi connectivity index (χ3v) is 1.20. The van der Waals surface area contributed by atoms with E-state index in [-0.39, 0.29) is 18.8 Å². The Morgan fingerprint density at radius 1 is 1.60 bits per heavy atom. The van der Waals surface area contributed by atoms with Crippen molar-refractivity contribution >= 4 is 5.78 Å². The predicted octanol–water partition coefficient (Wildman–Crippen LogP) is 0.0989. The largest absolute Gasteiger partial charge is 0.394 e. The summed E-state index contributed by atoms with van der Waals surface area (Å²) in [6.07, 6.45) is 0.525. The molecule has 0 fully saturated rings. The number of ketones is 1. The molecule has 0 aromatic heterocycles. The molecule has 0 saturated carbocycles. The normalized spacial score (nSPS) is 13.1. The van der Waals surface area contributed by atoms with Crippen LogP contribution >= 0.6 is 0 Å². The van der Waals surface area contributed by atoms with Gasteiger partial charge in [0.15, 0.2) is 0 Å². The van der Waals surface area contributed by atoms with Crippen molar-refractivity contribution in [2.75, 3.05) is 6.61 Å². The van der Waals surface area contributed by atoms with Gasteiger partial charge in [0.05, 0.1) is 12.7 Å². The first-order valence-corrected chi connectivity index (χ1v) is 3.51. The van der Waals surface area contributed by atoms with Crippen molar-refractivity contribution in [1.29, 1.82) is 0 Å². The van der Waals surface area contributed by atoms with E-state index in [1.807, 2.05) is 6.92 Å². The number of hydrogen-bond acceptors (Lipinski definition) is 3. The Hall–Kier alpha value is -0.410. The van der Waals surface area contributed by atoms with Gasteiger partial charge < -0.3 is 10.2 Å². The van der Waals surface area contributed by atoms with Gasteiger partial charge in [0.1, 0.15) is 5.78 Å². The molecule has 0 aliphatic carbocycles. The first-order valence-electron chi connectivity index (χ1n) is 3.51. The summed E-state index contributed by atoms with van der Waals surface area (Å²) in [5, 5.41) is 17.1. The molecule has 60 valence electrons. The summed E-state index contributed by atoms with van der Waals surface area (Å²) in [5.41, 5.74) is 0. The van der Waals surface area contributed by atoms with Crippen molar-refractivity contribution in [2.24, 2.45) is 0 Å². The van der Waals surface area contributed by atoms with E-state index in [9.17, 15) is 4.79 Å². The van der Waals surface area contributed by atoms with Gasteiger partial charge in [0.25, 0.3) is 0 Å². The number of aliphatic hydroxyl groups excluding tert-OH is 2. The number of hydrogen-bond donors (Lipinski definition) is 2. The van der Waals surface area contributed by atoms with Gasteiger partial charge in [-0.05, 0) is 6.42 Å². The fourth-order valence-corrected chi connectivity index (χ4v) is 0.708. The summed E-state index contributed by atoms with van der Waals surface area (Å²) in [5.74, 6) is 0.0176. The molecule has 0 aromatic carbocycles. The van der Waals surface area contributed by atoms with Crippen molar-refractivity contribution in [2.45, 2.75) is 32.3 Å². The zero-order chi connectivity index (χ0) is 7.98. The zero-order valence-corrected chi connectivity index (χ0v) is 6.21. The highest BCUT2D eigenvalue weighted by molar-refractivity contribution is 5.78. The highest BCUT2D eigenvalue weighted by atomic mass is 16.3. The van der Waals surface area contributed by atoms with Crippen LogP contribution in [0.25, 0.3) is 0 Å². The standard InChI is InChI=1S/C7H14O3/c1-2-3-6(9)4-7(10)5-8/h7-8,10H,2-5H2,1H3. The Labute approximate surface area is 60.7 Å². The Morgan fingerprint density at radius 2 is 2.20 bits per heavy atom. The average Bonchev–Trinajstić information content (AvgIpc) is 1.88. The average molecular weight is 146 g/mol. The molecule has 3 nitrogen and oxygen atoms in total. The Bertz CT molecular complexity index is 101. The molecule has 0 spiro atoms. The van der Waals surface area contributed by atoms with Gasteiger partial charge in [0, 0.05) is 12.8 Å². The first-order chi connectivity index (χ1) is 4.70. The van der Waals surface area contributed by atoms with Gasteiger partial charge in [-0.15, -0.1) is 0 Å².